The zero-order valence-electron chi connectivity index (χ0n) is 14.8. The lowest BCUT2D eigenvalue weighted by atomic mass is 10.1. The maximum absolute atomic E-state index is 12.5. The summed E-state index contributed by atoms with van der Waals surface area (Å²) < 4.78 is 11.8. The number of benzene rings is 1. The second-order valence-corrected chi connectivity index (χ2v) is 7.17. The summed E-state index contributed by atoms with van der Waals surface area (Å²) in [6, 6.07) is 4.39. The van der Waals surface area contributed by atoms with Crippen molar-refractivity contribution in [3.63, 3.8) is 0 Å². The lowest BCUT2D eigenvalue weighted by molar-refractivity contribution is -0.144. The monoisotopic (exact) mass is 366 g/mol. The summed E-state index contributed by atoms with van der Waals surface area (Å²) in [5.41, 5.74) is 6.64. The zero-order chi connectivity index (χ0) is 18.8. The van der Waals surface area contributed by atoms with Crippen LogP contribution < -0.4 is 5.73 Å². The number of carbonyl (C=O) groups is 2. The number of aromatic nitrogens is 1. The highest BCUT2D eigenvalue weighted by Gasteiger charge is 2.23. The second kappa shape index (κ2) is 7.45. The van der Waals surface area contributed by atoms with Gasteiger partial charge in [-0.05, 0) is 45.4 Å². The van der Waals surface area contributed by atoms with E-state index in [-0.39, 0.29) is 13.0 Å². The number of hydrogen-bond acceptors (Lipinski definition) is 5. The van der Waals surface area contributed by atoms with Gasteiger partial charge in [-0.2, -0.15) is 0 Å². The maximum atomic E-state index is 12.5. The van der Waals surface area contributed by atoms with E-state index in [4.69, 9.17) is 26.8 Å². The molecule has 1 heterocycles. The van der Waals surface area contributed by atoms with E-state index in [0.29, 0.717) is 10.5 Å². The molecule has 0 radical (unpaired) electrons. The molecule has 1 aromatic carbocycles. The predicted octanol–water partition coefficient (Wildman–Crippen LogP) is 3.51. The Balaban J connectivity index is 2.42. The molecule has 2 aromatic rings. The van der Waals surface area contributed by atoms with Crippen molar-refractivity contribution in [2.75, 3.05) is 6.61 Å². The molecule has 7 heteroatoms. The van der Waals surface area contributed by atoms with Crippen LogP contribution in [0.2, 0.25) is 5.02 Å². The fraction of sp³-hybridized carbons (Fsp3) is 0.444. The number of ether oxygens (including phenoxy) is 2. The van der Waals surface area contributed by atoms with Crippen molar-refractivity contribution in [3.05, 3.63) is 35.0 Å². The molecule has 0 aliphatic heterocycles. The third-order valence-corrected chi connectivity index (χ3v) is 3.70. The van der Waals surface area contributed by atoms with E-state index in [9.17, 15) is 9.59 Å². The van der Waals surface area contributed by atoms with Crippen LogP contribution in [0.4, 0.5) is 4.79 Å². The fourth-order valence-electron chi connectivity index (χ4n) is 2.46. The molecule has 0 aliphatic rings. The van der Waals surface area contributed by atoms with Crippen LogP contribution in [0.5, 0.6) is 0 Å². The summed E-state index contributed by atoms with van der Waals surface area (Å²) in [5, 5.41) is 1.28. The minimum atomic E-state index is -0.812. The topological polar surface area (TPSA) is 83.5 Å². The van der Waals surface area contributed by atoms with Crippen molar-refractivity contribution < 1.29 is 19.1 Å². The van der Waals surface area contributed by atoms with E-state index in [1.165, 1.54) is 4.57 Å². The zero-order valence-corrected chi connectivity index (χ0v) is 15.6. The maximum Gasteiger partial charge on any atom is 0.419 e. The van der Waals surface area contributed by atoms with Crippen LogP contribution in [0, 0.1) is 0 Å². The van der Waals surface area contributed by atoms with Crippen LogP contribution in [-0.4, -0.2) is 34.9 Å². The first-order valence-corrected chi connectivity index (χ1v) is 8.45. The third-order valence-electron chi connectivity index (χ3n) is 3.47. The van der Waals surface area contributed by atoms with Crippen LogP contribution in [-0.2, 0) is 20.7 Å². The molecule has 0 unspecified atom stereocenters. The van der Waals surface area contributed by atoms with Gasteiger partial charge in [-0.1, -0.05) is 17.7 Å². The van der Waals surface area contributed by atoms with E-state index in [1.807, 2.05) is 0 Å². The lowest BCUT2D eigenvalue weighted by Gasteiger charge is -2.19. The molecule has 0 saturated carbocycles. The summed E-state index contributed by atoms with van der Waals surface area (Å²) in [5.74, 6) is -0.477. The number of esters is 1. The van der Waals surface area contributed by atoms with Gasteiger partial charge in [0, 0.05) is 23.0 Å². The molecule has 136 valence electrons. The molecule has 0 spiro atoms. The number of nitrogens with two attached hydrogens (primary N) is 1. The van der Waals surface area contributed by atoms with Crippen molar-refractivity contribution in [2.24, 2.45) is 5.73 Å². The molecule has 1 atom stereocenters. The molecule has 2 rings (SSSR count). The first-order chi connectivity index (χ1) is 11.6. The van der Waals surface area contributed by atoms with E-state index >= 15 is 0 Å². The summed E-state index contributed by atoms with van der Waals surface area (Å²) in [7, 11) is 0. The van der Waals surface area contributed by atoms with Gasteiger partial charge in [0.05, 0.1) is 12.1 Å². The van der Waals surface area contributed by atoms with Gasteiger partial charge < -0.3 is 15.2 Å². The van der Waals surface area contributed by atoms with Crippen molar-refractivity contribution in [3.8, 4) is 0 Å². The Labute approximate surface area is 151 Å². The minimum Gasteiger partial charge on any atom is -0.465 e. The summed E-state index contributed by atoms with van der Waals surface area (Å²) in [6.07, 6.45) is 1.36. The van der Waals surface area contributed by atoms with Crippen LogP contribution in [0.3, 0.4) is 0 Å². The van der Waals surface area contributed by atoms with Gasteiger partial charge in [0.15, 0.2) is 0 Å². The lowest BCUT2D eigenvalue weighted by Crippen LogP contribution is -2.34. The summed E-state index contributed by atoms with van der Waals surface area (Å²) >= 11 is 6.07. The Bertz CT molecular complexity index is 792. The van der Waals surface area contributed by atoms with Crippen molar-refractivity contribution in [2.45, 2.75) is 45.8 Å². The predicted molar refractivity (Wildman–Crippen MR) is 96.9 cm³/mol. The molecule has 0 aliphatic carbocycles. The number of rotatable bonds is 4. The van der Waals surface area contributed by atoms with Gasteiger partial charge in [0.25, 0.3) is 0 Å². The van der Waals surface area contributed by atoms with Crippen LogP contribution in [0.15, 0.2) is 24.4 Å². The van der Waals surface area contributed by atoms with Gasteiger partial charge in [-0.15, -0.1) is 0 Å². The minimum absolute atomic E-state index is 0.243. The molecule has 0 fully saturated rings. The van der Waals surface area contributed by atoms with Gasteiger partial charge in [0.1, 0.15) is 11.6 Å². The highest BCUT2D eigenvalue weighted by Crippen LogP contribution is 2.27. The van der Waals surface area contributed by atoms with E-state index in [0.717, 1.165) is 10.9 Å². The molecule has 2 N–H and O–H groups in total. The highest BCUT2D eigenvalue weighted by atomic mass is 35.5. The summed E-state index contributed by atoms with van der Waals surface area (Å²) in [6.45, 7) is 7.37. The fourth-order valence-corrected chi connectivity index (χ4v) is 2.63. The van der Waals surface area contributed by atoms with Crippen LogP contribution in [0.25, 0.3) is 10.9 Å². The summed E-state index contributed by atoms with van der Waals surface area (Å²) in [4.78, 5) is 24.3. The molecule has 6 nitrogen and oxygen atoms in total. The smallest absolute Gasteiger partial charge is 0.419 e. The molecule has 0 saturated heterocycles. The van der Waals surface area contributed by atoms with Gasteiger partial charge >= 0.3 is 12.1 Å². The van der Waals surface area contributed by atoms with E-state index in [2.05, 4.69) is 0 Å². The average molecular weight is 367 g/mol. The Morgan fingerprint density at radius 2 is 2.00 bits per heavy atom. The van der Waals surface area contributed by atoms with Gasteiger partial charge in [-0.3, -0.25) is 9.36 Å². The largest absolute Gasteiger partial charge is 0.465 e. The quantitative estimate of drug-likeness (QED) is 0.837. The Kier molecular flexibility index (Phi) is 5.75. The Morgan fingerprint density at radius 1 is 1.32 bits per heavy atom. The highest BCUT2D eigenvalue weighted by molar-refractivity contribution is 6.31. The number of carbonyl (C=O) groups excluding carboxylic acids is 2. The van der Waals surface area contributed by atoms with Crippen molar-refractivity contribution in [1.82, 2.24) is 4.57 Å². The number of hydrogen-bond donors (Lipinski definition) is 1. The van der Waals surface area contributed by atoms with Gasteiger partial charge in [0.2, 0.25) is 0 Å². The van der Waals surface area contributed by atoms with Crippen LogP contribution in [0.1, 0.15) is 33.3 Å². The number of nitrogens with zero attached hydrogens (tertiary/aromatic N) is 1. The standard InChI is InChI=1S/C18H23ClN2O4/c1-5-24-16(22)14(20)8-11-10-21(17(23)25-18(2,3)4)15-9-12(19)6-7-13(11)15/h6-7,9-10,14H,5,8,20H2,1-4H3/t14-/m0/s1. The van der Waals surface area contributed by atoms with Crippen molar-refractivity contribution >= 4 is 34.6 Å². The average Bonchev–Trinajstić information content (AvgIpc) is 2.83. The van der Waals surface area contributed by atoms with Crippen molar-refractivity contribution in [1.29, 1.82) is 0 Å². The third kappa shape index (κ3) is 4.74. The Hall–Kier alpha value is -2.05. The molecule has 1 aromatic heterocycles. The van der Waals surface area contributed by atoms with E-state index in [1.54, 1.807) is 52.1 Å². The SMILES string of the molecule is CCOC(=O)[C@@H](N)Cc1cn(C(=O)OC(C)(C)C)c2cc(Cl)ccc12. The van der Waals surface area contributed by atoms with E-state index < -0.39 is 23.7 Å². The molecule has 0 bridgehead atoms. The first kappa shape index (κ1) is 19.3. The number of fused-ring (bicyclic) bond motifs is 1. The second-order valence-electron chi connectivity index (χ2n) is 6.73. The van der Waals surface area contributed by atoms with Gasteiger partial charge in [-0.25, -0.2) is 4.79 Å². The molecule has 25 heavy (non-hydrogen) atoms. The molecular formula is C18H23ClN2O4. The Morgan fingerprint density at radius 3 is 2.60 bits per heavy atom. The molecular weight excluding hydrogens is 344 g/mol. The first-order valence-electron chi connectivity index (χ1n) is 8.07. The molecule has 0 amide bonds. The van der Waals surface area contributed by atoms with Crippen LogP contribution >= 0.6 is 11.6 Å². The number of halogens is 1. The normalized spacial score (nSPS) is 12.9.